The summed E-state index contributed by atoms with van der Waals surface area (Å²) in [6, 6.07) is 17.9. The third kappa shape index (κ3) is 3.84. The van der Waals surface area contributed by atoms with Crippen molar-refractivity contribution >= 4 is 5.78 Å². The first-order chi connectivity index (χ1) is 11.7. The number of carbonyl (C=O) groups excluding carboxylic acids is 1. The molecule has 0 aliphatic carbocycles. The van der Waals surface area contributed by atoms with Crippen LogP contribution in [0.5, 0.6) is 5.75 Å². The number of ether oxygens (including phenoxy) is 1. The Balaban J connectivity index is 1.57. The van der Waals surface area contributed by atoms with E-state index >= 15 is 0 Å². The number of Topliss-reactive ketones (excluding diaryl/α,β-unsaturated/α-hetero) is 1. The number of nitriles is 1. The minimum atomic E-state index is -0.0277. The van der Waals surface area contributed by atoms with Gasteiger partial charge in [0.2, 0.25) is 0 Å². The van der Waals surface area contributed by atoms with Gasteiger partial charge in [-0.05, 0) is 24.3 Å². The summed E-state index contributed by atoms with van der Waals surface area (Å²) in [5, 5.41) is 16.7. The SMILES string of the molecule is N#Cc1ccc(OCc2cn(CC(=O)c3ccccc3)nn2)cc1. The van der Waals surface area contributed by atoms with Gasteiger partial charge in [0.1, 0.15) is 24.6 Å². The summed E-state index contributed by atoms with van der Waals surface area (Å²) in [6.07, 6.45) is 1.69. The van der Waals surface area contributed by atoms with Crippen molar-refractivity contribution in [3.05, 3.63) is 77.6 Å². The van der Waals surface area contributed by atoms with E-state index in [2.05, 4.69) is 10.3 Å². The number of benzene rings is 2. The highest BCUT2D eigenvalue weighted by Gasteiger charge is 2.08. The van der Waals surface area contributed by atoms with Gasteiger partial charge in [0.25, 0.3) is 0 Å². The molecule has 0 amide bonds. The highest BCUT2D eigenvalue weighted by Crippen LogP contribution is 2.13. The van der Waals surface area contributed by atoms with Gasteiger partial charge in [-0.1, -0.05) is 35.5 Å². The van der Waals surface area contributed by atoms with Crippen molar-refractivity contribution in [1.82, 2.24) is 15.0 Å². The highest BCUT2D eigenvalue weighted by atomic mass is 16.5. The second-order valence-corrected chi connectivity index (χ2v) is 5.12. The summed E-state index contributed by atoms with van der Waals surface area (Å²) < 4.78 is 7.08. The summed E-state index contributed by atoms with van der Waals surface area (Å²) in [6.45, 7) is 0.374. The predicted octanol–water partition coefficient (Wildman–Crippen LogP) is 2.61. The maximum Gasteiger partial charge on any atom is 0.184 e. The topological polar surface area (TPSA) is 80.8 Å². The molecule has 0 saturated heterocycles. The number of nitrogens with zero attached hydrogens (tertiary/aromatic N) is 4. The Morgan fingerprint density at radius 3 is 2.58 bits per heavy atom. The maximum atomic E-state index is 12.1. The fourth-order valence-corrected chi connectivity index (χ4v) is 2.13. The van der Waals surface area contributed by atoms with E-state index in [0.29, 0.717) is 22.6 Å². The molecule has 0 radical (unpaired) electrons. The van der Waals surface area contributed by atoms with Gasteiger partial charge in [-0.3, -0.25) is 4.79 Å². The molecule has 0 bridgehead atoms. The van der Waals surface area contributed by atoms with Gasteiger partial charge < -0.3 is 4.74 Å². The second kappa shape index (κ2) is 7.20. The average molecular weight is 318 g/mol. The lowest BCUT2D eigenvalue weighted by Crippen LogP contribution is -2.10. The monoisotopic (exact) mass is 318 g/mol. The molecule has 0 aliphatic heterocycles. The third-order valence-corrected chi connectivity index (χ3v) is 3.36. The van der Waals surface area contributed by atoms with Crippen LogP contribution in [0.4, 0.5) is 0 Å². The van der Waals surface area contributed by atoms with Crippen LogP contribution in [0, 0.1) is 11.3 Å². The predicted molar refractivity (Wildman–Crippen MR) is 86.3 cm³/mol. The van der Waals surface area contributed by atoms with E-state index < -0.39 is 0 Å². The summed E-state index contributed by atoms with van der Waals surface area (Å²) in [5.41, 5.74) is 1.84. The molecule has 2 aromatic carbocycles. The van der Waals surface area contributed by atoms with Gasteiger partial charge in [0.15, 0.2) is 5.78 Å². The zero-order valence-electron chi connectivity index (χ0n) is 12.8. The minimum Gasteiger partial charge on any atom is -0.487 e. The van der Waals surface area contributed by atoms with Crippen LogP contribution in [0.1, 0.15) is 21.6 Å². The fourth-order valence-electron chi connectivity index (χ4n) is 2.13. The van der Waals surface area contributed by atoms with Crippen LogP contribution >= 0.6 is 0 Å². The van der Waals surface area contributed by atoms with Gasteiger partial charge in [-0.25, -0.2) is 4.68 Å². The summed E-state index contributed by atoms with van der Waals surface area (Å²) in [5.74, 6) is 0.615. The largest absolute Gasteiger partial charge is 0.487 e. The number of carbonyl (C=O) groups is 1. The van der Waals surface area contributed by atoms with E-state index in [1.54, 1.807) is 42.6 Å². The maximum absolute atomic E-state index is 12.1. The number of rotatable bonds is 6. The Morgan fingerprint density at radius 1 is 1.12 bits per heavy atom. The molecule has 1 heterocycles. The van der Waals surface area contributed by atoms with E-state index in [9.17, 15) is 4.79 Å². The summed E-state index contributed by atoms with van der Waals surface area (Å²) in [4.78, 5) is 12.1. The Hall–Kier alpha value is -3.46. The van der Waals surface area contributed by atoms with E-state index in [1.165, 1.54) is 4.68 Å². The van der Waals surface area contributed by atoms with Crippen molar-refractivity contribution in [3.8, 4) is 11.8 Å². The first kappa shape index (κ1) is 15.4. The van der Waals surface area contributed by atoms with E-state index in [-0.39, 0.29) is 18.9 Å². The molecule has 6 heteroatoms. The van der Waals surface area contributed by atoms with Crippen molar-refractivity contribution in [2.24, 2.45) is 0 Å². The molecule has 0 N–H and O–H groups in total. The van der Waals surface area contributed by atoms with E-state index in [4.69, 9.17) is 10.00 Å². The smallest absolute Gasteiger partial charge is 0.184 e. The zero-order valence-corrected chi connectivity index (χ0v) is 12.8. The van der Waals surface area contributed by atoms with Crippen molar-refractivity contribution in [1.29, 1.82) is 5.26 Å². The van der Waals surface area contributed by atoms with E-state index in [1.807, 2.05) is 24.3 Å². The Bertz CT molecular complexity index is 864. The van der Waals surface area contributed by atoms with Crippen LogP contribution in [-0.2, 0) is 13.2 Å². The normalized spacial score (nSPS) is 10.1. The zero-order chi connectivity index (χ0) is 16.8. The van der Waals surface area contributed by atoms with E-state index in [0.717, 1.165) is 0 Å². The molecule has 0 aliphatic rings. The number of hydrogen-bond donors (Lipinski definition) is 0. The number of hydrogen-bond acceptors (Lipinski definition) is 5. The lowest BCUT2D eigenvalue weighted by molar-refractivity contribution is 0.0967. The molecule has 24 heavy (non-hydrogen) atoms. The van der Waals surface area contributed by atoms with Crippen LogP contribution in [0.2, 0.25) is 0 Å². The molecule has 0 fully saturated rings. The molecule has 0 unspecified atom stereocenters. The van der Waals surface area contributed by atoms with Crippen LogP contribution in [0.25, 0.3) is 0 Å². The molecule has 3 aromatic rings. The molecular formula is C18H14N4O2. The highest BCUT2D eigenvalue weighted by molar-refractivity contribution is 5.95. The first-order valence-electron chi connectivity index (χ1n) is 7.35. The van der Waals surface area contributed by atoms with Gasteiger partial charge in [-0.2, -0.15) is 5.26 Å². The average Bonchev–Trinajstić information content (AvgIpc) is 3.08. The lowest BCUT2D eigenvalue weighted by Gasteiger charge is -2.03. The van der Waals surface area contributed by atoms with Gasteiger partial charge in [-0.15, -0.1) is 5.10 Å². The second-order valence-electron chi connectivity index (χ2n) is 5.12. The van der Waals surface area contributed by atoms with Crippen LogP contribution in [0.15, 0.2) is 60.8 Å². The molecule has 118 valence electrons. The first-order valence-corrected chi connectivity index (χ1v) is 7.35. The molecule has 3 rings (SSSR count). The van der Waals surface area contributed by atoms with Crippen molar-refractivity contribution in [2.75, 3.05) is 0 Å². The van der Waals surface area contributed by atoms with Crippen LogP contribution in [0.3, 0.4) is 0 Å². The lowest BCUT2D eigenvalue weighted by atomic mass is 10.1. The molecule has 0 atom stereocenters. The van der Waals surface area contributed by atoms with Crippen molar-refractivity contribution < 1.29 is 9.53 Å². The van der Waals surface area contributed by atoms with Gasteiger partial charge in [0.05, 0.1) is 17.8 Å². The standard InChI is InChI=1S/C18H14N4O2/c19-10-14-6-8-17(9-7-14)24-13-16-11-22(21-20-16)12-18(23)15-4-2-1-3-5-15/h1-9,11H,12-13H2. The van der Waals surface area contributed by atoms with Gasteiger partial charge >= 0.3 is 0 Å². The number of ketones is 1. The fraction of sp³-hybridized carbons (Fsp3) is 0.111. The Kier molecular flexibility index (Phi) is 4.63. The minimum absolute atomic E-state index is 0.0277. The molecule has 0 spiro atoms. The molecule has 6 nitrogen and oxygen atoms in total. The third-order valence-electron chi connectivity index (χ3n) is 3.36. The van der Waals surface area contributed by atoms with Crippen molar-refractivity contribution in [2.45, 2.75) is 13.2 Å². The van der Waals surface area contributed by atoms with Crippen molar-refractivity contribution in [3.63, 3.8) is 0 Å². The molecule has 1 aromatic heterocycles. The van der Waals surface area contributed by atoms with Crippen LogP contribution < -0.4 is 4.74 Å². The number of aromatic nitrogens is 3. The summed E-state index contributed by atoms with van der Waals surface area (Å²) in [7, 11) is 0. The Labute approximate surface area is 138 Å². The molecular weight excluding hydrogens is 304 g/mol. The Morgan fingerprint density at radius 2 is 1.88 bits per heavy atom. The molecule has 0 saturated carbocycles. The van der Waals surface area contributed by atoms with Crippen LogP contribution in [-0.4, -0.2) is 20.8 Å². The van der Waals surface area contributed by atoms with Gasteiger partial charge in [0, 0.05) is 5.56 Å². The quantitative estimate of drug-likeness (QED) is 0.653. The summed E-state index contributed by atoms with van der Waals surface area (Å²) >= 11 is 0.